The Morgan fingerprint density at radius 3 is 2.91 bits per heavy atom. The molecule has 4 rings (SSSR count). The van der Waals surface area contributed by atoms with E-state index in [1.165, 1.54) is 5.57 Å². The van der Waals surface area contributed by atoms with E-state index < -0.39 is 0 Å². The third-order valence-electron chi connectivity index (χ3n) is 3.97. The summed E-state index contributed by atoms with van der Waals surface area (Å²) in [5.74, 6) is 1.34. The smallest absolute Gasteiger partial charge is 0.223 e. The summed E-state index contributed by atoms with van der Waals surface area (Å²) in [6.07, 6.45) is 6.99. The Morgan fingerprint density at radius 1 is 1.13 bits per heavy atom. The van der Waals surface area contributed by atoms with Crippen molar-refractivity contribution in [3.8, 4) is 0 Å². The normalized spacial score (nSPS) is 15.0. The molecule has 0 bridgehead atoms. The Hall–Kier alpha value is -3.09. The number of aromatic nitrogens is 4. The van der Waals surface area contributed by atoms with Gasteiger partial charge in [-0.1, -0.05) is 12.1 Å². The standard InChI is InChI=1S/C16H17N7/c17-13-8-14(21-16(18)20-13)22-7-3-4-11(9-22)15-12-5-1-2-6-23(12)10-19-15/h1-2,4-6,8,10H,3,7,9H2,(H4,17,18,20,21). The molecule has 23 heavy (non-hydrogen) atoms. The molecule has 4 N–H and O–H groups in total. The summed E-state index contributed by atoms with van der Waals surface area (Å²) in [5, 5.41) is 0. The molecule has 0 amide bonds. The zero-order valence-electron chi connectivity index (χ0n) is 12.6. The molecular formula is C16H17N7. The number of nitrogens with zero attached hydrogens (tertiary/aromatic N) is 5. The van der Waals surface area contributed by atoms with E-state index in [1.807, 2.05) is 29.1 Å². The highest BCUT2D eigenvalue weighted by Gasteiger charge is 2.19. The molecule has 0 atom stereocenters. The quantitative estimate of drug-likeness (QED) is 0.746. The van der Waals surface area contributed by atoms with Gasteiger partial charge in [0.1, 0.15) is 11.6 Å². The van der Waals surface area contributed by atoms with Gasteiger partial charge in [-0.2, -0.15) is 9.97 Å². The van der Waals surface area contributed by atoms with E-state index >= 15 is 0 Å². The minimum atomic E-state index is 0.198. The molecule has 0 unspecified atom stereocenters. The monoisotopic (exact) mass is 307 g/mol. The molecule has 0 spiro atoms. The Balaban J connectivity index is 1.68. The van der Waals surface area contributed by atoms with Gasteiger partial charge < -0.3 is 20.8 Å². The van der Waals surface area contributed by atoms with Gasteiger partial charge >= 0.3 is 0 Å². The Bertz CT molecular complexity index is 876. The number of hydrogen-bond donors (Lipinski definition) is 2. The summed E-state index contributed by atoms with van der Waals surface area (Å²) in [5.41, 5.74) is 14.8. The van der Waals surface area contributed by atoms with Crippen LogP contribution in [0.3, 0.4) is 0 Å². The van der Waals surface area contributed by atoms with Gasteiger partial charge in [-0.15, -0.1) is 0 Å². The molecule has 7 nitrogen and oxygen atoms in total. The molecule has 1 aliphatic rings. The van der Waals surface area contributed by atoms with E-state index in [0.717, 1.165) is 36.5 Å². The summed E-state index contributed by atoms with van der Waals surface area (Å²) in [4.78, 5) is 14.9. The molecule has 0 fully saturated rings. The first-order chi connectivity index (χ1) is 11.2. The second-order valence-electron chi connectivity index (χ2n) is 5.54. The van der Waals surface area contributed by atoms with Gasteiger partial charge in [0.2, 0.25) is 5.95 Å². The van der Waals surface area contributed by atoms with Crippen LogP contribution in [0.25, 0.3) is 11.1 Å². The van der Waals surface area contributed by atoms with Gasteiger partial charge in [0, 0.05) is 25.4 Å². The van der Waals surface area contributed by atoms with Crippen LogP contribution < -0.4 is 16.4 Å². The third-order valence-corrected chi connectivity index (χ3v) is 3.97. The predicted molar refractivity (Wildman–Crippen MR) is 90.9 cm³/mol. The van der Waals surface area contributed by atoms with Crippen molar-refractivity contribution in [2.24, 2.45) is 0 Å². The van der Waals surface area contributed by atoms with E-state index in [4.69, 9.17) is 11.5 Å². The number of nitrogens with two attached hydrogens (primary N) is 2. The second kappa shape index (κ2) is 5.28. The molecule has 0 saturated carbocycles. The van der Waals surface area contributed by atoms with Gasteiger partial charge in [0.25, 0.3) is 0 Å². The summed E-state index contributed by atoms with van der Waals surface area (Å²) >= 11 is 0. The van der Waals surface area contributed by atoms with Crippen molar-refractivity contribution in [3.05, 3.63) is 48.6 Å². The SMILES string of the molecule is Nc1cc(N2CCC=C(c3ncn4ccccc34)C2)nc(N)n1. The molecule has 7 heteroatoms. The minimum absolute atomic E-state index is 0.198. The van der Waals surface area contributed by atoms with Crippen LogP contribution in [-0.2, 0) is 0 Å². The second-order valence-corrected chi connectivity index (χ2v) is 5.54. The van der Waals surface area contributed by atoms with Gasteiger partial charge in [-0.05, 0) is 24.1 Å². The maximum Gasteiger partial charge on any atom is 0.223 e. The van der Waals surface area contributed by atoms with Crippen molar-refractivity contribution < 1.29 is 0 Å². The van der Waals surface area contributed by atoms with Crippen molar-refractivity contribution in [1.82, 2.24) is 19.4 Å². The van der Waals surface area contributed by atoms with E-state index in [2.05, 4.69) is 32.0 Å². The highest BCUT2D eigenvalue weighted by molar-refractivity contribution is 5.79. The van der Waals surface area contributed by atoms with Gasteiger partial charge in [0.05, 0.1) is 17.5 Å². The maximum atomic E-state index is 5.78. The molecule has 3 aromatic rings. The number of anilines is 3. The van der Waals surface area contributed by atoms with E-state index in [0.29, 0.717) is 5.82 Å². The van der Waals surface area contributed by atoms with Crippen molar-refractivity contribution >= 4 is 28.7 Å². The van der Waals surface area contributed by atoms with Crippen molar-refractivity contribution in [3.63, 3.8) is 0 Å². The van der Waals surface area contributed by atoms with Gasteiger partial charge in [0.15, 0.2) is 0 Å². The van der Waals surface area contributed by atoms with Crippen LogP contribution in [0.5, 0.6) is 0 Å². The summed E-state index contributed by atoms with van der Waals surface area (Å²) in [7, 11) is 0. The summed E-state index contributed by atoms with van der Waals surface area (Å²) in [6, 6.07) is 7.84. The van der Waals surface area contributed by atoms with Gasteiger partial charge in [-0.3, -0.25) is 0 Å². The molecule has 4 heterocycles. The molecule has 0 saturated heterocycles. The Morgan fingerprint density at radius 2 is 2.04 bits per heavy atom. The fourth-order valence-electron chi connectivity index (χ4n) is 2.94. The van der Waals surface area contributed by atoms with Crippen LogP contribution in [0.15, 0.2) is 42.9 Å². The third kappa shape index (κ3) is 2.46. The lowest BCUT2D eigenvalue weighted by molar-refractivity contribution is 0.813. The fourth-order valence-corrected chi connectivity index (χ4v) is 2.94. The first-order valence-corrected chi connectivity index (χ1v) is 7.47. The predicted octanol–water partition coefficient (Wildman–Crippen LogP) is 1.58. The molecular weight excluding hydrogens is 290 g/mol. The Kier molecular flexibility index (Phi) is 3.11. The number of hydrogen-bond acceptors (Lipinski definition) is 6. The first kappa shape index (κ1) is 13.6. The molecule has 116 valence electrons. The zero-order chi connectivity index (χ0) is 15.8. The first-order valence-electron chi connectivity index (χ1n) is 7.47. The Labute approximate surface area is 133 Å². The van der Waals surface area contributed by atoms with Crippen LogP contribution in [-0.4, -0.2) is 32.4 Å². The maximum absolute atomic E-state index is 5.78. The molecule has 0 aromatic carbocycles. The van der Waals surface area contributed by atoms with Crippen LogP contribution in [0, 0.1) is 0 Å². The van der Waals surface area contributed by atoms with E-state index in [9.17, 15) is 0 Å². The lowest BCUT2D eigenvalue weighted by Gasteiger charge is -2.28. The van der Waals surface area contributed by atoms with Gasteiger partial charge in [-0.25, -0.2) is 4.98 Å². The largest absolute Gasteiger partial charge is 0.383 e. The van der Waals surface area contributed by atoms with Crippen LogP contribution in [0.2, 0.25) is 0 Å². The van der Waals surface area contributed by atoms with Crippen molar-refractivity contribution in [2.45, 2.75) is 6.42 Å². The zero-order valence-corrected chi connectivity index (χ0v) is 12.6. The van der Waals surface area contributed by atoms with Crippen LogP contribution in [0.1, 0.15) is 12.1 Å². The molecule has 3 aromatic heterocycles. The van der Waals surface area contributed by atoms with Crippen LogP contribution >= 0.6 is 0 Å². The minimum Gasteiger partial charge on any atom is -0.383 e. The van der Waals surface area contributed by atoms with Crippen LogP contribution in [0.4, 0.5) is 17.6 Å². The topological polar surface area (TPSA) is 98.4 Å². The number of imidazole rings is 1. The van der Waals surface area contributed by atoms with E-state index in [-0.39, 0.29) is 5.95 Å². The fraction of sp³-hybridized carbons (Fsp3) is 0.188. The highest BCUT2D eigenvalue weighted by atomic mass is 15.2. The average Bonchev–Trinajstić information content (AvgIpc) is 2.98. The summed E-state index contributed by atoms with van der Waals surface area (Å²) in [6.45, 7) is 1.59. The number of rotatable bonds is 2. The lowest BCUT2D eigenvalue weighted by atomic mass is 10.1. The molecule has 1 aliphatic heterocycles. The van der Waals surface area contributed by atoms with Crippen molar-refractivity contribution in [2.75, 3.05) is 29.5 Å². The lowest BCUT2D eigenvalue weighted by Crippen LogP contribution is -2.30. The highest BCUT2D eigenvalue weighted by Crippen LogP contribution is 2.26. The average molecular weight is 307 g/mol. The van der Waals surface area contributed by atoms with E-state index in [1.54, 1.807) is 6.07 Å². The number of pyridine rings is 1. The van der Waals surface area contributed by atoms with Crippen molar-refractivity contribution in [1.29, 1.82) is 0 Å². The number of fused-ring (bicyclic) bond motifs is 1. The summed E-state index contributed by atoms with van der Waals surface area (Å²) < 4.78 is 2.02. The molecule has 0 aliphatic carbocycles. The number of nitrogen functional groups attached to an aromatic ring is 2. The molecule has 0 radical (unpaired) electrons.